The van der Waals surface area contributed by atoms with Crippen LogP contribution in [0.15, 0.2) is 18.2 Å². The van der Waals surface area contributed by atoms with Crippen LogP contribution in [-0.2, 0) is 4.74 Å². The first-order chi connectivity index (χ1) is 8.29. The largest absolute Gasteiger partial charge is 0.491 e. The monoisotopic (exact) mass is 271 g/mol. The lowest BCUT2D eigenvalue weighted by Gasteiger charge is -2.19. The molecule has 0 spiro atoms. The third-order valence-electron chi connectivity index (χ3n) is 2.09. The van der Waals surface area contributed by atoms with Crippen molar-refractivity contribution in [3.05, 3.63) is 29.6 Å². The number of hydrogen-bond donors (Lipinski definition) is 1. The van der Waals surface area contributed by atoms with Crippen LogP contribution in [0.25, 0.3) is 0 Å². The lowest BCUT2D eigenvalue weighted by atomic mass is 10.2. The summed E-state index contributed by atoms with van der Waals surface area (Å²) in [6.07, 6.45) is 0. The zero-order valence-corrected chi connectivity index (χ0v) is 11.6. The molecule has 0 aliphatic carbocycles. The van der Waals surface area contributed by atoms with Crippen molar-refractivity contribution in [2.24, 2.45) is 5.73 Å². The van der Waals surface area contributed by atoms with Gasteiger partial charge in [-0.05, 0) is 32.9 Å². The second kappa shape index (κ2) is 6.11. The van der Waals surface area contributed by atoms with Gasteiger partial charge in [0.25, 0.3) is 0 Å². The molecule has 1 aromatic rings. The van der Waals surface area contributed by atoms with Crippen LogP contribution in [0.2, 0.25) is 0 Å². The summed E-state index contributed by atoms with van der Waals surface area (Å²) >= 11 is 4.72. The van der Waals surface area contributed by atoms with Gasteiger partial charge in [0, 0.05) is 11.6 Å². The summed E-state index contributed by atoms with van der Waals surface area (Å²) in [5.74, 6) is -0.0400. The van der Waals surface area contributed by atoms with Gasteiger partial charge < -0.3 is 15.2 Å². The van der Waals surface area contributed by atoms with Crippen molar-refractivity contribution in [2.75, 3.05) is 13.2 Å². The van der Waals surface area contributed by atoms with Gasteiger partial charge in [-0.3, -0.25) is 0 Å². The highest BCUT2D eigenvalue weighted by atomic mass is 32.1. The van der Waals surface area contributed by atoms with Crippen molar-refractivity contribution < 1.29 is 13.9 Å². The van der Waals surface area contributed by atoms with E-state index >= 15 is 0 Å². The molecule has 1 rings (SSSR count). The van der Waals surface area contributed by atoms with E-state index in [9.17, 15) is 4.39 Å². The fourth-order valence-electron chi connectivity index (χ4n) is 1.29. The Balaban J connectivity index is 2.49. The fraction of sp³-hybridized carbons (Fsp3) is 0.462. The molecule has 0 radical (unpaired) electrons. The summed E-state index contributed by atoms with van der Waals surface area (Å²) in [7, 11) is 0. The maximum Gasteiger partial charge on any atom is 0.137 e. The number of rotatable bonds is 5. The molecule has 0 fully saturated rings. The van der Waals surface area contributed by atoms with Crippen molar-refractivity contribution in [1.29, 1.82) is 0 Å². The minimum absolute atomic E-state index is 0.0371. The van der Waals surface area contributed by atoms with E-state index in [1.807, 2.05) is 20.8 Å². The fourth-order valence-corrected chi connectivity index (χ4v) is 1.46. The summed E-state index contributed by atoms with van der Waals surface area (Å²) in [5, 5.41) is 0. The molecule has 100 valence electrons. The molecule has 2 N–H and O–H groups in total. The lowest BCUT2D eigenvalue weighted by molar-refractivity contribution is -0.0163. The first-order valence-electron chi connectivity index (χ1n) is 5.66. The Morgan fingerprint density at radius 2 is 2.00 bits per heavy atom. The molecule has 1 aromatic carbocycles. The van der Waals surface area contributed by atoms with Gasteiger partial charge in [0.05, 0.1) is 12.2 Å². The van der Waals surface area contributed by atoms with Crippen LogP contribution >= 0.6 is 12.2 Å². The Hall–Kier alpha value is -1.20. The average Bonchev–Trinajstić information content (AvgIpc) is 2.22. The summed E-state index contributed by atoms with van der Waals surface area (Å²) in [6, 6.07) is 4.41. The van der Waals surface area contributed by atoms with E-state index in [4.69, 9.17) is 27.4 Å². The second-order valence-electron chi connectivity index (χ2n) is 4.82. The topological polar surface area (TPSA) is 44.5 Å². The summed E-state index contributed by atoms with van der Waals surface area (Å²) in [5.41, 5.74) is 5.39. The first kappa shape index (κ1) is 14.9. The third-order valence-corrected chi connectivity index (χ3v) is 2.31. The average molecular weight is 271 g/mol. The highest BCUT2D eigenvalue weighted by Gasteiger charge is 2.10. The predicted octanol–water partition coefficient (Wildman–Crippen LogP) is 2.65. The molecule has 18 heavy (non-hydrogen) atoms. The molecule has 0 saturated carbocycles. The number of thiocarbonyl (C=S) groups is 1. The van der Waals surface area contributed by atoms with E-state index < -0.39 is 5.82 Å². The molecule has 0 unspecified atom stereocenters. The molecule has 0 aliphatic heterocycles. The lowest BCUT2D eigenvalue weighted by Crippen LogP contribution is -2.22. The molecule has 5 heteroatoms. The maximum atomic E-state index is 13.5. The maximum absolute atomic E-state index is 13.5. The number of halogens is 1. The Morgan fingerprint density at radius 3 is 2.50 bits per heavy atom. The van der Waals surface area contributed by atoms with E-state index in [1.54, 1.807) is 6.07 Å². The van der Waals surface area contributed by atoms with Gasteiger partial charge in [-0.15, -0.1) is 0 Å². The quantitative estimate of drug-likeness (QED) is 0.660. The smallest absolute Gasteiger partial charge is 0.137 e. The van der Waals surface area contributed by atoms with Gasteiger partial charge in [-0.2, -0.15) is 0 Å². The molecule has 0 saturated heterocycles. The zero-order valence-electron chi connectivity index (χ0n) is 10.8. The Kier molecular flexibility index (Phi) is 5.04. The van der Waals surface area contributed by atoms with Crippen LogP contribution in [0.4, 0.5) is 4.39 Å². The minimum atomic E-state index is -0.475. The second-order valence-corrected chi connectivity index (χ2v) is 5.26. The highest BCUT2D eigenvalue weighted by Crippen LogP contribution is 2.16. The van der Waals surface area contributed by atoms with Crippen LogP contribution in [0.1, 0.15) is 26.3 Å². The molecule has 0 heterocycles. The van der Waals surface area contributed by atoms with E-state index in [-0.39, 0.29) is 16.2 Å². The molecule has 0 aliphatic rings. The Bertz CT molecular complexity index is 429. The van der Waals surface area contributed by atoms with E-state index in [1.165, 1.54) is 12.1 Å². The van der Waals surface area contributed by atoms with Crippen molar-refractivity contribution in [2.45, 2.75) is 26.4 Å². The molecule has 0 atom stereocenters. The van der Waals surface area contributed by atoms with Gasteiger partial charge in [-0.25, -0.2) is 4.39 Å². The number of benzene rings is 1. The normalized spacial score (nSPS) is 11.3. The van der Waals surface area contributed by atoms with Gasteiger partial charge >= 0.3 is 0 Å². The van der Waals surface area contributed by atoms with Crippen molar-refractivity contribution in [1.82, 2.24) is 0 Å². The zero-order chi connectivity index (χ0) is 13.8. The van der Waals surface area contributed by atoms with Crippen LogP contribution in [0.5, 0.6) is 5.75 Å². The number of nitrogens with two attached hydrogens (primary N) is 1. The van der Waals surface area contributed by atoms with Crippen molar-refractivity contribution >= 4 is 17.2 Å². The van der Waals surface area contributed by atoms with Gasteiger partial charge in [0.15, 0.2) is 0 Å². The molecule has 0 bridgehead atoms. The Morgan fingerprint density at radius 1 is 1.33 bits per heavy atom. The summed E-state index contributed by atoms with van der Waals surface area (Å²) in [6.45, 7) is 6.70. The van der Waals surface area contributed by atoms with Gasteiger partial charge in [0.2, 0.25) is 0 Å². The van der Waals surface area contributed by atoms with Gasteiger partial charge in [-0.1, -0.05) is 12.2 Å². The van der Waals surface area contributed by atoms with Crippen LogP contribution in [-0.4, -0.2) is 23.8 Å². The highest BCUT2D eigenvalue weighted by molar-refractivity contribution is 7.80. The Labute approximate surface area is 112 Å². The van der Waals surface area contributed by atoms with Gasteiger partial charge in [0.1, 0.15) is 23.2 Å². The van der Waals surface area contributed by atoms with Crippen LogP contribution in [0.3, 0.4) is 0 Å². The van der Waals surface area contributed by atoms with E-state index in [2.05, 4.69) is 0 Å². The standard InChI is InChI=1S/C13H18FNO2S/c1-13(2,3)17-7-6-16-9-4-5-10(12(15)18)11(14)8-9/h4-5,8H,6-7H2,1-3H3,(H2,15,18). The third kappa shape index (κ3) is 4.98. The molecule has 0 amide bonds. The van der Waals surface area contributed by atoms with Crippen molar-refractivity contribution in [3.8, 4) is 5.75 Å². The number of hydrogen-bond acceptors (Lipinski definition) is 3. The molecule has 0 aromatic heterocycles. The summed E-state index contributed by atoms with van der Waals surface area (Å²) in [4.78, 5) is 0.0371. The first-order valence-corrected chi connectivity index (χ1v) is 6.06. The molecular formula is C13H18FNO2S. The molecular weight excluding hydrogens is 253 g/mol. The SMILES string of the molecule is CC(C)(C)OCCOc1ccc(C(N)=S)c(F)c1. The number of ether oxygens (including phenoxy) is 2. The van der Waals surface area contributed by atoms with Crippen molar-refractivity contribution in [3.63, 3.8) is 0 Å². The van der Waals surface area contributed by atoms with Crippen LogP contribution in [0, 0.1) is 5.82 Å². The summed E-state index contributed by atoms with van der Waals surface area (Å²) < 4.78 is 24.4. The van der Waals surface area contributed by atoms with E-state index in [0.717, 1.165) is 0 Å². The minimum Gasteiger partial charge on any atom is -0.491 e. The predicted molar refractivity (Wildman–Crippen MR) is 73.5 cm³/mol. The molecule has 3 nitrogen and oxygen atoms in total. The van der Waals surface area contributed by atoms with E-state index in [0.29, 0.717) is 19.0 Å². The van der Waals surface area contributed by atoms with Crippen LogP contribution < -0.4 is 10.5 Å².